The minimum atomic E-state index is -3.90. The van der Waals surface area contributed by atoms with E-state index in [4.69, 9.17) is 40.2 Å². The number of hydrogen-bond acceptors (Lipinski definition) is 3. The Morgan fingerprint density at radius 3 is 1.95 bits per heavy atom. The molecular weight excluding hydrogens is 616 g/mol. The quantitative estimate of drug-likeness (QED) is 0.238. The Morgan fingerprint density at radius 1 is 0.878 bits per heavy atom. The molecule has 0 bridgehead atoms. The number of anilines is 2. The molecule has 2 aliphatic rings. The second-order valence-corrected chi connectivity index (χ2v) is 18.5. The molecule has 0 unspecified atom stereocenters. The van der Waals surface area contributed by atoms with Crippen LogP contribution in [0, 0.1) is 0 Å². The van der Waals surface area contributed by atoms with Crippen molar-refractivity contribution < 1.29 is 8.42 Å². The standard InChI is InChI=1S/C29H42Cl2N5O2PS2/c1-29(2,3)39(35-17-8-4-5-9-18-35,36-19-10-6-7-11-20-36)33-28(40)32-27-22-25(15-16-26(27)31)41(37,38)34-24-14-12-13-23(30)21-24/h12-16,21-22,34H,4-11,17-20H2,1-3H3,(H,32,40). The number of halogens is 2. The van der Waals surface area contributed by atoms with Gasteiger partial charge in [-0.25, -0.2) is 13.2 Å². The predicted octanol–water partition coefficient (Wildman–Crippen LogP) is 9.07. The van der Waals surface area contributed by atoms with E-state index in [9.17, 15) is 8.42 Å². The molecule has 2 aromatic carbocycles. The van der Waals surface area contributed by atoms with E-state index in [0.717, 1.165) is 51.9 Å². The lowest BCUT2D eigenvalue weighted by Crippen LogP contribution is -2.42. The number of sulfonamides is 1. The van der Waals surface area contributed by atoms with Crippen LogP contribution in [-0.2, 0) is 10.0 Å². The van der Waals surface area contributed by atoms with Gasteiger partial charge in [-0.3, -0.25) is 14.1 Å². The van der Waals surface area contributed by atoms with Crippen LogP contribution in [0.15, 0.2) is 52.1 Å². The maximum absolute atomic E-state index is 13.2. The minimum absolute atomic E-state index is 0.0593. The normalized spacial score (nSPS) is 18.3. The Morgan fingerprint density at radius 2 is 1.44 bits per heavy atom. The number of rotatable bonds is 6. The summed E-state index contributed by atoms with van der Waals surface area (Å²) in [6, 6.07) is 11.1. The summed E-state index contributed by atoms with van der Waals surface area (Å²) in [6.45, 7) is 10.9. The van der Waals surface area contributed by atoms with Crippen LogP contribution in [0.3, 0.4) is 0 Å². The third-order valence-electron chi connectivity index (χ3n) is 7.65. The average Bonchev–Trinajstić information content (AvgIpc) is 3.34. The summed E-state index contributed by atoms with van der Waals surface area (Å²) in [5.74, 6) is 0. The van der Waals surface area contributed by atoms with Crippen molar-refractivity contribution in [1.29, 1.82) is 0 Å². The number of hydrogen-bond donors (Lipinski definition) is 2. The molecule has 2 N–H and O–H groups in total. The van der Waals surface area contributed by atoms with Gasteiger partial charge in [0, 0.05) is 36.4 Å². The van der Waals surface area contributed by atoms with Crippen molar-refractivity contribution in [2.45, 2.75) is 82.2 Å². The van der Waals surface area contributed by atoms with Gasteiger partial charge in [0.15, 0.2) is 5.11 Å². The molecule has 0 spiro atoms. The van der Waals surface area contributed by atoms with Crippen molar-refractivity contribution in [3.05, 3.63) is 52.5 Å². The maximum atomic E-state index is 13.2. The van der Waals surface area contributed by atoms with Crippen molar-refractivity contribution in [2.75, 3.05) is 36.2 Å². The zero-order valence-electron chi connectivity index (χ0n) is 24.2. The smallest absolute Gasteiger partial charge is 0.261 e. The van der Waals surface area contributed by atoms with E-state index in [1.165, 1.54) is 37.8 Å². The summed E-state index contributed by atoms with van der Waals surface area (Å²) in [5, 5.41) is 4.23. The van der Waals surface area contributed by atoms with Crippen LogP contribution in [0.5, 0.6) is 0 Å². The Kier molecular flexibility index (Phi) is 11.2. The average molecular weight is 659 g/mol. The van der Waals surface area contributed by atoms with Gasteiger partial charge >= 0.3 is 0 Å². The van der Waals surface area contributed by atoms with Crippen LogP contribution in [0.4, 0.5) is 11.4 Å². The molecule has 0 amide bonds. The van der Waals surface area contributed by atoms with Crippen LogP contribution >= 0.6 is 42.8 Å². The molecule has 12 heteroatoms. The largest absolute Gasteiger partial charge is 0.330 e. The lowest BCUT2D eigenvalue weighted by molar-refractivity contribution is 0.368. The fourth-order valence-electron chi connectivity index (χ4n) is 5.77. The van der Waals surface area contributed by atoms with Gasteiger partial charge in [-0.1, -0.05) is 75.7 Å². The maximum Gasteiger partial charge on any atom is 0.261 e. The third-order valence-corrected chi connectivity index (χ3v) is 14.6. The molecule has 2 aliphatic heterocycles. The zero-order chi connectivity index (χ0) is 29.7. The number of benzene rings is 2. The summed E-state index contributed by atoms with van der Waals surface area (Å²) in [6.07, 6.45) is 9.60. The second kappa shape index (κ2) is 14.1. The Balaban J connectivity index is 1.71. The molecule has 0 radical (unpaired) electrons. The van der Waals surface area contributed by atoms with Gasteiger partial charge in [0.05, 0.1) is 21.3 Å². The monoisotopic (exact) mass is 657 g/mol. The minimum Gasteiger partial charge on any atom is -0.330 e. The first-order valence-corrected chi connectivity index (χ1v) is 18.7. The van der Waals surface area contributed by atoms with Crippen molar-refractivity contribution in [1.82, 2.24) is 9.34 Å². The molecule has 0 saturated carbocycles. The topological polar surface area (TPSA) is 77.0 Å². The first kappa shape index (κ1) is 32.7. The summed E-state index contributed by atoms with van der Waals surface area (Å²) in [4.78, 5) is 0.0593. The molecule has 2 saturated heterocycles. The van der Waals surface area contributed by atoms with E-state index >= 15 is 0 Å². The first-order chi connectivity index (χ1) is 19.4. The zero-order valence-corrected chi connectivity index (χ0v) is 28.2. The van der Waals surface area contributed by atoms with Crippen LogP contribution in [-0.4, -0.2) is 54.2 Å². The Labute approximate surface area is 261 Å². The Hall–Kier alpha value is -1.19. The molecule has 0 aromatic heterocycles. The fourth-order valence-corrected chi connectivity index (χ4v) is 12.2. The molecule has 2 heterocycles. The predicted molar refractivity (Wildman–Crippen MR) is 179 cm³/mol. The lowest BCUT2D eigenvalue weighted by Gasteiger charge is -2.50. The highest BCUT2D eigenvalue weighted by atomic mass is 35.5. The molecule has 2 aromatic rings. The number of thiocarbonyl (C=S) groups is 1. The molecule has 226 valence electrons. The van der Waals surface area contributed by atoms with Crippen molar-refractivity contribution in [2.24, 2.45) is 4.74 Å². The summed E-state index contributed by atoms with van der Waals surface area (Å²) >= 11 is 18.5. The van der Waals surface area contributed by atoms with Gasteiger partial charge in [0.1, 0.15) is 7.36 Å². The third kappa shape index (κ3) is 8.05. The highest BCUT2D eigenvalue weighted by Gasteiger charge is 2.44. The molecule has 4 rings (SSSR count). The summed E-state index contributed by atoms with van der Waals surface area (Å²) < 4.78 is 39.8. The fraction of sp³-hybridized carbons (Fsp3) is 0.552. The van der Waals surface area contributed by atoms with Gasteiger partial charge < -0.3 is 5.32 Å². The molecule has 7 nitrogen and oxygen atoms in total. The van der Waals surface area contributed by atoms with Crippen molar-refractivity contribution in [3.8, 4) is 0 Å². The molecular formula is C29H42Cl2N5O2PS2. The van der Waals surface area contributed by atoms with Crippen LogP contribution < -0.4 is 10.0 Å². The Bertz CT molecular complexity index is 1360. The highest BCUT2D eigenvalue weighted by Crippen LogP contribution is 2.67. The van der Waals surface area contributed by atoms with Crippen LogP contribution in [0.1, 0.15) is 72.1 Å². The molecule has 0 atom stereocenters. The van der Waals surface area contributed by atoms with E-state index < -0.39 is 17.4 Å². The number of nitrogens with one attached hydrogen (secondary N) is 2. The van der Waals surface area contributed by atoms with Gasteiger partial charge in [0.2, 0.25) is 0 Å². The van der Waals surface area contributed by atoms with Crippen molar-refractivity contribution >= 4 is 69.3 Å². The molecule has 41 heavy (non-hydrogen) atoms. The van der Waals surface area contributed by atoms with Crippen LogP contribution in [0.2, 0.25) is 10.0 Å². The number of nitrogens with zero attached hydrogens (tertiary/aromatic N) is 3. The second-order valence-electron chi connectivity index (χ2n) is 11.8. The van der Waals surface area contributed by atoms with E-state index in [2.05, 4.69) is 40.2 Å². The molecule has 0 aliphatic carbocycles. The van der Waals surface area contributed by atoms with Crippen molar-refractivity contribution in [3.63, 3.8) is 0 Å². The first-order valence-electron chi connectivity index (χ1n) is 14.4. The van der Waals surface area contributed by atoms with Gasteiger partial charge in [-0.15, -0.1) is 0 Å². The van der Waals surface area contributed by atoms with E-state index in [1.807, 2.05) is 0 Å². The van der Waals surface area contributed by atoms with E-state index in [-0.39, 0.29) is 10.1 Å². The van der Waals surface area contributed by atoms with Gasteiger partial charge in [-0.2, -0.15) is 0 Å². The summed E-state index contributed by atoms with van der Waals surface area (Å²) in [7, 11) is -6.18. The lowest BCUT2D eigenvalue weighted by atomic mass is 10.2. The SMILES string of the molecule is CC(C)(C)P(=NC(=S)Nc1cc(S(=O)(=O)Nc2cccc(Cl)c2)ccc1Cl)(N1CCCCCC1)N1CCCCCC1. The summed E-state index contributed by atoms with van der Waals surface area (Å²) in [5.41, 5.74) is 0.787. The highest BCUT2D eigenvalue weighted by molar-refractivity contribution is 7.92. The van der Waals surface area contributed by atoms with E-state index in [1.54, 1.807) is 30.3 Å². The van der Waals surface area contributed by atoms with Gasteiger partial charge in [0.25, 0.3) is 10.0 Å². The molecule has 2 fully saturated rings. The van der Waals surface area contributed by atoms with Gasteiger partial charge in [-0.05, 0) is 74.3 Å². The van der Waals surface area contributed by atoms with Crippen LogP contribution in [0.25, 0.3) is 0 Å². The van der Waals surface area contributed by atoms with E-state index in [0.29, 0.717) is 26.5 Å².